The largest absolute Gasteiger partial charge is 0.289 e. The van der Waals surface area contributed by atoms with Crippen molar-refractivity contribution in [1.29, 1.82) is 0 Å². The number of ketones is 1. The van der Waals surface area contributed by atoms with Crippen molar-refractivity contribution >= 4 is 33.3 Å². The maximum Gasteiger partial charge on any atom is 0.189 e. The molecule has 0 aliphatic heterocycles. The molecule has 2 rings (SSSR count). The van der Waals surface area contributed by atoms with E-state index in [1.807, 2.05) is 6.07 Å². The van der Waals surface area contributed by atoms with Crippen LogP contribution in [0.3, 0.4) is 0 Å². The molecule has 1 aromatic rings. The molecule has 0 saturated heterocycles. The Morgan fingerprint density at radius 3 is 2.88 bits per heavy atom. The summed E-state index contributed by atoms with van der Waals surface area (Å²) in [5, 5.41) is 0.603. The fraction of sp³-hybridized carbons (Fsp3) is 0.357. The van der Waals surface area contributed by atoms with Gasteiger partial charge in [-0.05, 0) is 49.5 Å². The Hall–Kier alpha value is -0.600. The molecule has 0 bridgehead atoms. The molecule has 0 aromatic heterocycles. The molecule has 90 valence electrons. The van der Waals surface area contributed by atoms with Gasteiger partial charge in [0, 0.05) is 15.1 Å². The van der Waals surface area contributed by atoms with Crippen LogP contribution in [-0.4, -0.2) is 5.78 Å². The zero-order valence-electron chi connectivity index (χ0n) is 9.51. The van der Waals surface area contributed by atoms with Crippen molar-refractivity contribution in [2.45, 2.75) is 32.1 Å². The molecule has 0 N–H and O–H groups in total. The molecule has 0 radical (unpaired) electrons. The molecule has 0 fully saturated rings. The van der Waals surface area contributed by atoms with Crippen molar-refractivity contribution in [1.82, 2.24) is 0 Å². The van der Waals surface area contributed by atoms with Crippen LogP contribution in [0.25, 0.3) is 0 Å². The summed E-state index contributed by atoms with van der Waals surface area (Å²) in [4.78, 5) is 12.4. The lowest BCUT2D eigenvalue weighted by Crippen LogP contribution is -2.04. The average Bonchev–Trinajstić information content (AvgIpc) is 2.60. The van der Waals surface area contributed by atoms with Crippen molar-refractivity contribution in [2.24, 2.45) is 0 Å². The number of halogens is 2. The first-order valence-corrected chi connectivity index (χ1v) is 7.04. The van der Waals surface area contributed by atoms with Crippen molar-refractivity contribution in [2.75, 3.05) is 0 Å². The molecule has 17 heavy (non-hydrogen) atoms. The highest BCUT2D eigenvalue weighted by Gasteiger charge is 2.16. The predicted octanol–water partition coefficient (Wildman–Crippen LogP) is 5.18. The second kappa shape index (κ2) is 5.83. The Labute approximate surface area is 115 Å². The smallest absolute Gasteiger partial charge is 0.189 e. The number of carbonyl (C=O) groups excluding carboxylic acids is 1. The quantitative estimate of drug-likeness (QED) is 0.688. The van der Waals surface area contributed by atoms with E-state index in [1.54, 1.807) is 12.1 Å². The first-order chi connectivity index (χ1) is 8.18. The Balaban J connectivity index is 2.29. The summed E-state index contributed by atoms with van der Waals surface area (Å²) in [7, 11) is 0. The van der Waals surface area contributed by atoms with Crippen molar-refractivity contribution < 1.29 is 4.79 Å². The molecule has 0 spiro atoms. The number of carbonyl (C=O) groups is 1. The molecule has 0 saturated carbocycles. The topological polar surface area (TPSA) is 17.1 Å². The Morgan fingerprint density at radius 1 is 1.24 bits per heavy atom. The van der Waals surface area contributed by atoms with Crippen molar-refractivity contribution in [3.63, 3.8) is 0 Å². The van der Waals surface area contributed by atoms with Crippen molar-refractivity contribution in [3.05, 3.63) is 44.9 Å². The van der Waals surface area contributed by atoms with Gasteiger partial charge >= 0.3 is 0 Å². The summed E-state index contributed by atoms with van der Waals surface area (Å²) >= 11 is 9.35. The third kappa shape index (κ3) is 3.20. The minimum Gasteiger partial charge on any atom is -0.289 e. The minimum atomic E-state index is 0.112. The van der Waals surface area contributed by atoms with Crippen LogP contribution < -0.4 is 0 Å². The van der Waals surface area contributed by atoms with Gasteiger partial charge in [0.05, 0.1) is 0 Å². The van der Waals surface area contributed by atoms with Gasteiger partial charge in [-0.25, -0.2) is 0 Å². The zero-order valence-corrected chi connectivity index (χ0v) is 11.9. The van der Waals surface area contributed by atoms with E-state index < -0.39 is 0 Å². The van der Waals surface area contributed by atoms with Crippen LogP contribution in [0.4, 0.5) is 0 Å². The van der Waals surface area contributed by atoms with Gasteiger partial charge < -0.3 is 0 Å². The molecule has 3 heteroatoms. The molecular weight excluding hydrogens is 300 g/mol. The summed E-state index contributed by atoms with van der Waals surface area (Å²) in [6.45, 7) is 0. The summed E-state index contributed by atoms with van der Waals surface area (Å²) < 4.78 is 0.817. The Morgan fingerprint density at radius 2 is 2.06 bits per heavy atom. The highest BCUT2D eigenvalue weighted by atomic mass is 79.9. The molecule has 0 amide bonds. The third-order valence-electron chi connectivity index (χ3n) is 3.01. The van der Waals surface area contributed by atoms with Crippen LogP contribution >= 0.6 is 27.5 Å². The van der Waals surface area contributed by atoms with Crippen LogP contribution in [0.1, 0.15) is 42.5 Å². The lowest BCUT2D eigenvalue weighted by molar-refractivity contribution is 0.102. The number of benzene rings is 1. The second-order valence-corrected chi connectivity index (χ2v) is 5.57. The van der Waals surface area contributed by atoms with Gasteiger partial charge in [0.1, 0.15) is 0 Å². The van der Waals surface area contributed by atoms with E-state index >= 15 is 0 Å². The lowest BCUT2D eigenvalue weighted by Gasteiger charge is -2.07. The summed E-state index contributed by atoms with van der Waals surface area (Å²) in [5.74, 6) is 0.112. The highest BCUT2D eigenvalue weighted by Crippen LogP contribution is 2.27. The molecule has 1 aromatic carbocycles. The van der Waals surface area contributed by atoms with Crippen molar-refractivity contribution in [3.8, 4) is 0 Å². The van der Waals surface area contributed by atoms with E-state index in [-0.39, 0.29) is 5.78 Å². The molecule has 1 aliphatic rings. The normalized spacial score (nSPS) is 16.2. The molecule has 0 unspecified atom stereocenters. The molecular formula is C14H14BrClO. The Kier molecular flexibility index (Phi) is 4.41. The van der Waals surface area contributed by atoms with Crippen LogP contribution in [0.5, 0.6) is 0 Å². The summed E-state index contributed by atoms with van der Waals surface area (Å²) in [5.41, 5.74) is 1.61. The van der Waals surface area contributed by atoms with Gasteiger partial charge in [0.15, 0.2) is 5.78 Å². The highest BCUT2D eigenvalue weighted by molar-refractivity contribution is 9.10. The van der Waals surface area contributed by atoms with Crippen LogP contribution in [0.2, 0.25) is 5.02 Å². The lowest BCUT2D eigenvalue weighted by atomic mass is 10.00. The number of Topliss-reactive ketones (excluding diaryl/α,β-unsaturated/α-hetero) is 1. The molecule has 0 atom stereocenters. The standard InChI is InChI=1S/C14H14BrClO/c15-13-8-7-11(16)9-12(13)14(17)10-5-3-1-2-4-6-10/h5,7-9H,1-4,6H2. The summed E-state index contributed by atoms with van der Waals surface area (Å²) in [6, 6.07) is 5.34. The minimum absolute atomic E-state index is 0.112. The van der Waals surface area contributed by atoms with Crippen LogP contribution in [0.15, 0.2) is 34.3 Å². The third-order valence-corrected chi connectivity index (χ3v) is 3.93. The monoisotopic (exact) mass is 312 g/mol. The number of allylic oxidation sites excluding steroid dienone is 2. The van der Waals surface area contributed by atoms with E-state index in [2.05, 4.69) is 22.0 Å². The van der Waals surface area contributed by atoms with Crippen LogP contribution in [0, 0.1) is 0 Å². The number of hydrogen-bond acceptors (Lipinski definition) is 1. The molecule has 1 nitrogen and oxygen atoms in total. The van der Waals surface area contributed by atoms with E-state index in [9.17, 15) is 4.79 Å². The summed E-state index contributed by atoms with van der Waals surface area (Å²) in [6.07, 6.45) is 7.49. The van der Waals surface area contributed by atoms with E-state index in [0.717, 1.165) is 29.3 Å². The zero-order chi connectivity index (χ0) is 12.3. The van der Waals surface area contributed by atoms with E-state index in [0.29, 0.717) is 10.6 Å². The van der Waals surface area contributed by atoms with Gasteiger partial charge in [-0.1, -0.05) is 40.0 Å². The Bertz CT molecular complexity index is 465. The molecule has 1 aliphatic carbocycles. The predicted molar refractivity (Wildman–Crippen MR) is 74.7 cm³/mol. The van der Waals surface area contributed by atoms with Gasteiger partial charge in [-0.2, -0.15) is 0 Å². The second-order valence-electron chi connectivity index (χ2n) is 4.28. The van der Waals surface area contributed by atoms with Crippen LogP contribution in [-0.2, 0) is 0 Å². The maximum atomic E-state index is 12.4. The molecule has 0 heterocycles. The average molecular weight is 314 g/mol. The number of hydrogen-bond donors (Lipinski definition) is 0. The van der Waals surface area contributed by atoms with Gasteiger partial charge in [-0.15, -0.1) is 0 Å². The fourth-order valence-electron chi connectivity index (χ4n) is 2.07. The van der Waals surface area contributed by atoms with E-state index in [1.165, 1.54) is 12.8 Å². The van der Waals surface area contributed by atoms with Gasteiger partial charge in [0.25, 0.3) is 0 Å². The fourth-order valence-corrected chi connectivity index (χ4v) is 2.66. The number of rotatable bonds is 2. The maximum absolute atomic E-state index is 12.4. The van der Waals surface area contributed by atoms with Gasteiger partial charge in [-0.3, -0.25) is 4.79 Å². The van der Waals surface area contributed by atoms with E-state index in [4.69, 9.17) is 11.6 Å². The first-order valence-electron chi connectivity index (χ1n) is 5.87. The SMILES string of the molecule is O=C(C1=CCCCCC1)c1cc(Cl)ccc1Br. The first kappa shape index (κ1) is 12.8. The van der Waals surface area contributed by atoms with Gasteiger partial charge in [0.2, 0.25) is 0 Å².